The molecule has 4 heteroatoms. The SMILES string of the molecule is C#CCn1c(-c2ccccc2)nc2scc(-c3ccccc3)c2c1=O. The van der Waals surface area contributed by atoms with Gasteiger partial charge in [0.1, 0.15) is 10.7 Å². The van der Waals surface area contributed by atoms with E-state index in [9.17, 15) is 4.79 Å². The molecule has 0 radical (unpaired) electrons. The molecular formula is C21H14N2OS. The van der Waals surface area contributed by atoms with Gasteiger partial charge in [0.25, 0.3) is 5.56 Å². The molecule has 3 nitrogen and oxygen atoms in total. The lowest BCUT2D eigenvalue weighted by Crippen LogP contribution is -2.22. The Kier molecular flexibility index (Phi) is 3.93. The van der Waals surface area contributed by atoms with Gasteiger partial charge in [-0.15, -0.1) is 17.8 Å². The van der Waals surface area contributed by atoms with E-state index < -0.39 is 0 Å². The molecule has 0 bridgehead atoms. The summed E-state index contributed by atoms with van der Waals surface area (Å²) >= 11 is 1.48. The van der Waals surface area contributed by atoms with E-state index in [-0.39, 0.29) is 12.1 Å². The molecule has 0 unspecified atom stereocenters. The fourth-order valence-electron chi connectivity index (χ4n) is 2.90. The lowest BCUT2D eigenvalue weighted by atomic mass is 10.1. The second-order valence-corrected chi connectivity index (χ2v) is 6.45. The highest BCUT2D eigenvalue weighted by Gasteiger charge is 2.17. The van der Waals surface area contributed by atoms with Gasteiger partial charge in [0, 0.05) is 16.5 Å². The Bertz CT molecular complexity index is 1140. The first kappa shape index (κ1) is 15.4. The average Bonchev–Trinajstić information content (AvgIpc) is 3.10. The number of terminal acetylenes is 1. The zero-order valence-corrected chi connectivity index (χ0v) is 14.2. The van der Waals surface area contributed by atoms with Crippen molar-refractivity contribution in [2.75, 3.05) is 0 Å². The van der Waals surface area contributed by atoms with Gasteiger partial charge in [-0.2, -0.15) is 0 Å². The smallest absolute Gasteiger partial charge is 0.264 e. The summed E-state index contributed by atoms with van der Waals surface area (Å²) in [5.41, 5.74) is 2.70. The normalized spacial score (nSPS) is 10.7. The van der Waals surface area contributed by atoms with E-state index in [0.29, 0.717) is 11.2 Å². The molecule has 0 atom stereocenters. The molecule has 120 valence electrons. The number of hydrogen-bond acceptors (Lipinski definition) is 3. The number of nitrogens with zero attached hydrogens (tertiary/aromatic N) is 2. The fourth-order valence-corrected chi connectivity index (χ4v) is 3.84. The van der Waals surface area contributed by atoms with E-state index in [2.05, 4.69) is 5.92 Å². The fraction of sp³-hybridized carbons (Fsp3) is 0.0476. The molecule has 2 aromatic carbocycles. The average molecular weight is 342 g/mol. The van der Waals surface area contributed by atoms with Crippen molar-refractivity contribution < 1.29 is 0 Å². The van der Waals surface area contributed by atoms with Crippen LogP contribution >= 0.6 is 11.3 Å². The summed E-state index contributed by atoms with van der Waals surface area (Å²) in [6.07, 6.45) is 5.51. The van der Waals surface area contributed by atoms with E-state index in [1.54, 1.807) is 4.57 Å². The van der Waals surface area contributed by atoms with Crippen molar-refractivity contribution in [2.24, 2.45) is 0 Å². The molecule has 2 heterocycles. The number of thiophene rings is 1. The highest BCUT2D eigenvalue weighted by Crippen LogP contribution is 2.32. The van der Waals surface area contributed by atoms with Gasteiger partial charge in [0.05, 0.1) is 11.9 Å². The van der Waals surface area contributed by atoms with Crippen LogP contribution < -0.4 is 5.56 Å². The first-order valence-corrected chi connectivity index (χ1v) is 8.74. The number of benzene rings is 2. The largest absolute Gasteiger partial charge is 0.280 e. The standard InChI is InChI=1S/C21H14N2OS/c1-2-13-23-19(16-11-7-4-8-12-16)22-20-18(21(23)24)17(14-25-20)15-9-5-3-6-10-15/h1,3-12,14H,13H2. The molecule has 2 aromatic heterocycles. The Morgan fingerprint density at radius 1 is 1.00 bits per heavy atom. The Morgan fingerprint density at radius 2 is 1.64 bits per heavy atom. The van der Waals surface area contributed by atoms with Crippen molar-refractivity contribution in [1.29, 1.82) is 0 Å². The van der Waals surface area contributed by atoms with Crippen LogP contribution in [0.5, 0.6) is 0 Å². The summed E-state index contributed by atoms with van der Waals surface area (Å²) in [6.45, 7) is 0.191. The van der Waals surface area contributed by atoms with Crippen LogP contribution in [0, 0.1) is 12.3 Å². The van der Waals surface area contributed by atoms with Gasteiger partial charge in [-0.05, 0) is 5.56 Å². The molecule has 0 saturated heterocycles. The minimum Gasteiger partial charge on any atom is -0.280 e. The van der Waals surface area contributed by atoms with Crippen molar-refractivity contribution in [3.63, 3.8) is 0 Å². The van der Waals surface area contributed by atoms with Crippen molar-refractivity contribution in [3.05, 3.63) is 76.4 Å². The maximum atomic E-state index is 13.2. The number of rotatable bonds is 3. The molecule has 0 aliphatic rings. The zero-order valence-electron chi connectivity index (χ0n) is 13.3. The van der Waals surface area contributed by atoms with Crippen LogP contribution in [-0.2, 0) is 6.54 Å². The summed E-state index contributed by atoms with van der Waals surface area (Å²) in [7, 11) is 0. The quantitative estimate of drug-likeness (QED) is 0.516. The first-order chi connectivity index (χ1) is 12.3. The Balaban J connectivity index is 2.04. The third kappa shape index (κ3) is 2.65. The van der Waals surface area contributed by atoms with Gasteiger partial charge in [0.15, 0.2) is 0 Å². The van der Waals surface area contributed by atoms with Gasteiger partial charge in [-0.1, -0.05) is 66.6 Å². The molecule has 4 rings (SSSR count). The van der Waals surface area contributed by atoms with E-state index >= 15 is 0 Å². The Labute approximate surface area is 149 Å². The van der Waals surface area contributed by atoms with Gasteiger partial charge in [0.2, 0.25) is 0 Å². The number of aromatic nitrogens is 2. The minimum absolute atomic E-state index is 0.0955. The molecule has 0 saturated carbocycles. The first-order valence-electron chi connectivity index (χ1n) is 7.86. The van der Waals surface area contributed by atoms with Gasteiger partial charge in [-0.3, -0.25) is 9.36 Å². The van der Waals surface area contributed by atoms with Crippen molar-refractivity contribution >= 4 is 21.6 Å². The molecular weight excluding hydrogens is 328 g/mol. The molecule has 0 N–H and O–H groups in total. The molecule has 0 aliphatic carbocycles. The van der Waals surface area contributed by atoms with Gasteiger partial charge < -0.3 is 0 Å². The Hall–Kier alpha value is -3.16. The Morgan fingerprint density at radius 3 is 2.28 bits per heavy atom. The molecule has 0 spiro atoms. The number of fused-ring (bicyclic) bond motifs is 1. The summed E-state index contributed by atoms with van der Waals surface area (Å²) in [4.78, 5) is 18.7. The summed E-state index contributed by atoms with van der Waals surface area (Å²) in [5, 5.41) is 2.62. The predicted molar refractivity (Wildman–Crippen MR) is 104 cm³/mol. The van der Waals surface area contributed by atoms with Crippen LogP contribution in [0.15, 0.2) is 70.8 Å². The van der Waals surface area contributed by atoms with Crippen LogP contribution in [0.25, 0.3) is 32.7 Å². The number of hydrogen-bond donors (Lipinski definition) is 0. The van der Waals surface area contributed by atoms with E-state index in [1.807, 2.05) is 66.0 Å². The molecule has 0 fully saturated rings. The molecule has 25 heavy (non-hydrogen) atoms. The zero-order chi connectivity index (χ0) is 17.2. The maximum Gasteiger partial charge on any atom is 0.264 e. The van der Waals surface area contributed by atoms with Crippen molar-refractivity contribution in [1.82, 2.24) is 9.55 Å². The van der Waals surface area contributed by atoms with E-state index in [1.165, 1.54) is 11.3 Å². The minimum atomic E-state index is -0.0955. The highest BCUT2D eigenvalue weighted by atomic mass is 32.1. The van der Waals surface area contributed by atoms with Crippen LogP contribution in [0.3, 0.4) is 0 Å². The maximum absolute atomic E-state index is 13.2. The molecule has 0 amide bonds. The predicted octanol–water partition coefficient (Wildman–Crippen LogP) is 4.43. The van der Waals surface area contributed by atoms with Crippen LogP contribution in [0.4, 0.5) is 0 Å². The van der Waals surface area contributed by atoms with Gasteiger partial charge in [-0.25, -0.2) is 4.98 Å². The third-order valence-corrected chi connectivity index (χ3v) is 4.93. The van der Waals surface area contributed by atoms with Crippen LogP contribution in [-0.4, -0.2) is 9.55 Å². The third-order valence-electron chi connectivity index (χ3n) is 4.06. The van der Waals surface area contributed by atoms with Crippen molar-refractivity contribution in [2.45, 2.75) is 6.54 Å². The van der Waals surface area contributed by atoms with Crippen molar-refractivity contribution in [3.8, 4) is 34.9 Å². The van der Waals surface area contributed by atoms with Gasteiger partial charge >= 0.3 is 0 Å². The second kappa shape index (κ2) is 6.39. The van der Waals surface area contributed by atoms with Crippen LogP contribution in [0.2, 0.25) is 0 Å². The topological polar surface area (TPSA) is 34.9 Å². The monoisotopic (exact) mass is 342 g/mol. The van der Waals surface area contributed by atoms with Crippen LogP contribution in [0.1, 0.15) is 0 Å². The second-order valence-electron chi connectivity index (χ2n) is 5.59. The lowest BCUT2D eigenvalue weighted by molar-refractivity contribution is 0.796. The summed E-state index contributed by atoms with van der Waals surface area (Å²) < 4.78 is 1.58. The highest BCUT2D eigenvalue weighted by molar-refractivity contribution is 7.17. The van der Waals surface area contributed by atoms with E-state index in [0.717, 1.165) is 21.5 Å². The summed E-state index contributed by atoms with van der Waals surface area (Å²) in [6, 6.07) is 19.5. The van der Waals surface area contributed by atoms with E-state index in [4.69, 9.17) is 11.4 Å². The molecule has 4 aromatic rings. The summed E-state index contributed by atoms with van der Waals surface area (Å²) in [5.74, 6) is 3.19. The molecule has 0 aliphatic heterocycles. The lowest BCUT2D eigenvalue weighted by Gasteiger charge is -2.10.